The van der Waals surface area contributed by atoms with Crippen LogP contribution >= 0.6 is 0 Å². The molecule has 0 atom stereocenters. The number of amides is 2. The summed E-state index contributed by atoms with van der Waals surface area (Å²) in [6, 6.07) is 15.7. The molecule has 1 aromatic heterocycles. The molecule has 1 heterocycles. The van der Waals surface area contributed by atoms with Crippen LogP contribution in [0, 0.1) is 13.8 Å². The fourth-order valence-electron chi connectivity index (χ4n) is 4.10. The van der Waals surface area contributed by atoms with E-state index in [1.54, 1.807) is 4.90 Å². The van der Waals surface area contributed by atoms with Crippen molar-refractivity contribution in [3.8, 4) is 0 Å². The van der Waals surface area contributed by atoms with Gasteiger partial charge in [-0.05, 0) is 62.7 Å². The van der Waals surface area contributed by atoms with E-state index in [0.29, 0.717) is 18.7 Å². The van der Waals surface area contributed by atoms with E-state index >= 15 is 0 Å². The molecule has 33 heavy (non-hydrogen) atoms. The maximum Gasteiger partial charge on any atom is 0.317 e. The zero-order valence-electron chi connectivity index (χ0n) is 20.3. The van der Waals surface area contributed by atoms with E-state index < -0.39 is 0 Å². The van der Waals surface area contributed by atoms with Crippen LogP contribution in [0.4, 0.5) is 4.79 Å². The number of benzene rings is 2. The van der Waals surface area contributed by atoms with Gasteiger partial charge in [-0.15, -0.1) is 0 Å². The highest BCUT2D eigenvalue weighted by atomic mass is 16.2. The van der Waals surface area contributed by atoms with Gasteiger partial charge in [0.15, 0.2) is 0 Å². The number of rotatable bonds is 10. The number of aromatic nitrogens is 1. The third-order valence-corrected chi connectivity index (χ3v) is 6.25. The molecular formula is C27H36N4O2. The zero-order chi connectivity index (χ0) is 23.8. The first kappa shape index (κ1) is 24.5. The number of nitrogens with zero attached hydrogens (tertiary/aromatic N) is 2. The number of pyridine rings is 1. The van der Waals surface area contributed by atoms with Crippen LogP contribution in [0.25, 0.3) is 10.9 Å². The van der Waals surface area contributed by atoms with Gasteiger partial charge >= 0.3 is 6.03 Å². The van der Waals surface area contributed by atoms with Crippen molar-refractivity contribution in [3.05, 3.63) is 81.1 Å². The van der Waals surface area contributed by atoms with Gasteiger partial charge in [-0.3, -0.25) is 4.79 Å². The van der Waals surface area contributed by atoms with Crippen molar-refractivity contribution in [2.24, 2.45) is 0 Å². The Morgan fingerprint density at radius 1 is 0.970 bits per heavy atom. The number of aryl methyl sites for hydroxylation is 2. The fourth-order valence-corrected chi connectivity index (χ4v) is 4.10. The normalized spacial score (nSPS) is 11.2. The summed E-state index contributed by atoms with van der Waals surface area (Å²) in [4.78, 5) is 33.1. The number of carbonyl (C=O) groups excluding carboxylic acids is 1. The van der Waals surface area contributed by atoms with Gasteiger partial charge in [-0.2, -0.15) is 0 Å². The molecule has 0 bridgehead atoms. The molecule has 0 aliphatic carbocycles. The highest BCUT2D eigenvalue weighted by Gasteiger charge is 2.17. The first-order valence-electron chi connectivity index (χ1n) is 11.8. The monoisotopic (exact) mass is 448 g/mol. The number of H-pyrrole nitrogens is 1. The largest absolute Gasteiger partial charge is 0.334 e. The summed E-state index contributed by atoms with van der Waals surface area (Å²) in [6.07, 6.45) is 0.851. The van der Waals surface area contributed by atoms with Crippen molar-refractivity contribution in [1.29, 1.82) is 0 Å². The molecule has 2 aromatic carbocycles. The van der Waals surface area contributed by atoms with Crippen LogP contribution in [0.1, 0.15) is 42.5 Å². The molecule has 0 fully saturated rings. The average Bonchev–Trinajstić information content (AvgIpc) is 2.83. The Labute approximate surface area is 196 Å². The molecule has 0 unspecified atom stereocenters. The minimum absolute atomic E-state index is 0.138. The summed E-state index contributed by atoms with van der Waals surface area (Å²) in [5.74, 6) is 0. The summed E-state index contributed by atoms with van der Waals surface area (Å²) in [7, 11) is 0. The van der Waals surface area contributed by atoms with Gasteiger partial charge in [0.25, 0.3) is 5.56 Å². The van der Waals surface area contributed by atoms with E-state index in [1.807, 2.05) is 56.3 Å². The summed E-state index contributed by atoms with van der Waals surface area (Å²) in [5.41, 5.74) is 4.52. The van der Waals surface area contributed by atoms with Crippen LogP contribution in [0.3, 0.4) is 0 Å². The van der Waals surface area contributed by atoms with E-state index in [0.717, 1.165) is 53.6 Å². The Hall–Kier alpha value is -3.12. The van der Waals surface area contributed by atoms with Crippen molar-refractivity contribution in [2.45, 2.75) is 47.2 Å². The highest BCUT2D eigenvalue weighted by Crippen LogP contribution is 2.20. The second kappa shape index (κ2) is 11.7. The number of hydrogen-bond donors (Lipinski definition) is 2. The van der Waals surface area contributed by atoms with Crippen LogP contribution in [-0.4, -0.2) is 47.0 Å². The van der Waals surface area contributed by atoms with E-state index in [4.69, 9.17) is 0 Å². The van der Waals surface area contributed by atoms with E-state index in [-0.39, 0.29) is 18.1 Å². The average molecular weight is 449 g/mol. The van der Waals surface area contributed by atoms with Gasteiger partial charge in [-0.25, -0.2) is 4.79 Å². The molecule has 0 spiro atoms. The molecule has 0 aliphatic heterocycles. The Balaban J connectivity index is 1.80. The highest BCUT2D eigenvalue weighted by molar-refractivity contribution is 5.85. The third-order valence-electron chi connectivity index (χ3n) is 6.25. The topological polar surface area (TPSA) is 68.4 Å². The zero-order valence-corrected chi connectivity index (χ0v) is 20.3. The number of fused-ring (bicyclic) bond motifs is 1. The molecule has 6 nitrogen and oxygen atoms in total. The summed E-state index contributed by atoms with van der Waals surface area (Å²) >= 11 is 0. The van der Waals surface area contributed by atoms with Crippen LogP contribution in [0.2, 0.25) is 0 Å². The first-order valence-corrected chi connectivity index (χ1v) is 11.8. The van der Waals surface area contributed by atoms with E-state index in [9.17, 15) is 9.59 Å². The predicted molar refractivity (Wildman–Crippen MR) is 136 cm³/mol. The van der Waals surface area contributed by atoms with Gasteiger partial charge in [0.2, 0.25) is 0 Å². The lowest BCUT2D eigenvalue weighted by Crippen LogP contribution is -2.41. The van der Waals surface area contributed by atoms with Gasteiger partial charge in [-0.1, -0.05) is 56.3 Å². The maximum absolute atomic E-state index is 13.1. The Morgan fingerprint density at radius 2 is 1.67 bits per heavy atom. The SMILES string of the molecule is CCN(CC)CCCN(Cc1cc2c(C)ccc(C)c2[nH]c1=O)C(=O)NCc1ccccc1. The number of nitrogens with one attached hydrogen (secondary N) is 2. The lowest BCUT2D eigenvalue weighted by molar-refractivity contribution is 0.189. The van der Waals surface area contributed by atoms with Gasteiger partial charge in [0, 0.05) is 24.0 Å². The molecule has 3 aromatic rings. The lowest BCUT2D eigenvalue weighted by Gasteiger charge is -2.25. The first-order chi connectivity index (χ1) is 15.9. The second-order valence-electron chi connectivity index (χ2n) is 8.56. The van der Waals surface area contributed by atoms with Crippen molar-refractivity contribution in [1.82, 2.24) is 20.1 Å². The van der Waals surface area contributed by atoms with Gasteiger partial charge < -0.3 is 20.1 Å². The number of hydrogen-bond acceptors (Lipinski definition) is 3. The number of carbonyl (C=O) groups is 1. The molecule has 0 radical (unpaired) electrons. The molecular weight excluding hydrogens is 412 g/mol. The quantitative estimate of drug-likeness (QED) is 0.477. The van der Waals surface area contributed by atoms with Crippen LogP contribution in [0.15, 0.2) is 53.3 Å². The predicted octanol–water partition coefficient (Wildman–Crippen LogP) is 4.59. The van der Waals surface area contributed by atoms with Crippen LogP contribution in [0.5, 0.6) is 0 Å². The maximum atomic E-state index is 13.1. The number of aromatic amines is 1. The minimum atomic E-state index is -0.154. The molecule has 0 saturated heterocycles. The van der Waals surface area contributed by atoms with Crippen molar-refractivity contribution in [3.63, 3.8) is 0 Å². The summed E-state index contributed by atoms with van der Waals surface area (Å²) in [6.45, 7) is 12.5. The number of urea groups is 1. The van der Waals surface area contributed by atoms with E-state index in [2.05, 4.69) is 35.1 Å². The molecule has 0 aliphatic rings. The Morgan fingerprint density at radius 3 is 2.36 bits per heavy atom. The Kier molecular flexibility index (Phi) is 8.66. The summed E-state index contributed by atoms with van der Waals surface area (Å²) in [5, 5.41) is 4.05. The van der Waals surface area contributed by atoms with Crippen molar-refractivity contribution in [2.75, 3.05) is 26.2 Å². The molecule has 0 saturated carbocycles. The molecule has 2 N–H and O–H groups in total. The molecule has 2 amide bonds. The third kappa shape index (κ3) is 6.45. The van der Waals surface area contributed by atoms with E-state index in [1.165, 1.54) is 0 Å². The molecule has 6 heteroatoms. The molecule has 176 valence electrons. The van der Waals surface area contributed by atoms with Crippen LogP contribution in [-0.2, 0) is 13.1 Å². The smallest absolute Gasteiger partial charge is 0.317 e. The standard InChI is InChI=1S/C27H36N4O2/c1-5-30(6-2)15-10-16-31(27(33)28-18-22-11-8-7-9-12-22)19-23-17-24-20(3)13-14-21(4)25(24)29-26(23)32/h7-9,11-14,17H,5-6,10,15-16,18-19H2,1-4H3,(H,28,33)(H,29,32). The van der Waals surface area contributed by atoms with Gasteiger partial charge in [0.05, 0.1) is 12.1 Å². The minimum Gasteiger partial charge on any atom is -0.334 e. The van der Waals surface area contributed by atoms with Crippen molar-refractivity contribution >= 4 is 16.9 Å². The lowest BCUT2D eigenvalue weighted by atomic mass is 10.0. The van der Waals surface area contributed by atoms with Gasteiger partial charge in [0.1, 0.15) is 0 Å². The Bertz CT molecular complexity index is 1120. The molecule has 3 rings (SSSR count). The fraction of sp³-hybridized carbons (Fsp3) is 0.407. The van der Waals surface area contributed by atoms with Crippen molar-refractivity contribution < 1.29 is 4.79 Å². The second-order valence-corrected chi connectivity index (χ2v) is 8.56. The summed E-state index contributed by atoms with van der Waals surface area (Å²) < 4.78 is 0. The van der Waals surface area contributed by atoms with Crippen LogP contribution < -0.4 is 10.9 Å².